The van der Waals surface area contributed by atoms with E-state index in [1.54, 1.807) is 0 Å². The molecule has 3 nitrogen and oxygen atoms in total. The molecule has 0 aliphatic rings. The first-order valence-corrected chi connectivity index (χ1v) is 1.27. The van der Waals surface area contributed by atoms with Crippen LogP contribution in [0.3, 0.4) is 0 Å². The van der Waals surface area contributed by atoms with Crippen LogP contribution < -0.4 is 0 Å². The normalized spacial score (nSPS) is 2.40. The third kappa shape index (κ3) is 27.6. The van der Waals surface area contributed by atoms with Gasteiger partial charge in [-0.05, 0) is 0 Å². The zero-order valence-corrected chi connectivity index (χ0v) is 10.1. The second-order valence-electron chi connectivity index (χ2n) is 0.0630. The summed E-state index contributed by atoms with van der Waals surface area (Å²) in [5.41, 5.74) is 0. The van der Waals surface area contributed by atoms with Gasteiger partial charge in [-0.25, -0.2) is 0 Å². The van der Waals surface area contributed by atoms with Crippen LogP contribution in [0.25, 0.3) is 0 Å². The predicted molar refractivity (Wildman–Crippen MR) is 10.5 cm³/mol. The Hall–Kier alpha value is 1.65. The van der Waals surface area contributed by atoms with Gasteiger partial charge >= 0.3 is 71.4 Å². The Morgan fingerprint density at radius 1 is 1.20 bits per heavy atom. The van der Waals surface area contributed by atoms with Gasteiger partial charge in [-0.1, -0.05) is 0 Å². The van der Waals surface area contributed by atoms with Crippen LogP contribution in [0, 0.1) is 0 Å². The summed E-state index contributed by atoms with van der Waals surface area (Å²) in [5.74, 6) is 0. The fraction of sp³-hybridized carbons (Fsp3) is 0. The maximum atomic E-state index is 8.41. The molecule has 0 heterocycles. The Morgan fingerprint density at radius 3 is 1.20 bits per heavy atom. The van der Waals surface area contributed by atoms with Crippen LogP contribution in [-0.4, -0.2) is 54.4 Å². The second-order valence-corrected chi connectivity index (χ2v) is 0.260. The molecule has 0 spiro atoms. The van der Waals surface area contributed by atoms with Gasteiger partial charge in [0.15, 0.2) is 0 Å². The maximum absolute atomic E-state index is 8.41. The molecule has 29 valence electrons. The standard InChI is InChI=1S/Ba.Mn.H2O.2O.H/h;;1H2;;;/q+1;;;;;/p-1. The molecular formula is H2BaMnO3. The van der Waals surface area contributed by atoms with E-state index in [4.69, 9.17) is 7.67 Å². The first kappa shape index (κ1) is 15.9. The van der Waals surface area contributed by atoms with Crippen molar-refractivity contribution in [3.63, 3.8) is 0 Å². The molecule has 5 heavy (non-hydrogen) atoms. The third-order valence-corrected chi connectivity index (χ3v) is 0. The molecule has 0 saturated carbocycles. The quantitative estimate of drug-likeness (QED) is 0.508. The molecule has 1 N–H and O–H groups in total. The summed E-state index contributed by atoms with van der Waals surface area (Å²) in [4.78, 5) is 0. The minimum atomic E-state index is -1.44. The Labute approximate surface area is 75.5 Å². The molecule has 0 fully saturated rings. The Morgan fingerprint density at radius 2 is 1.20 bits per heavy atom. The summed E-state index contributed by atoms with van der Waals surface area (Å²) >= 11 is -1.44. The van der Waals surface area contributed by atoms with Crippen LogP contribution in [-0.2, 0) is 22.5 Å². The topological polar surface area (TPSA) is 64.1 Å². The number of rotatable bonds is 0. The van der Waals surface area contributed by atoms with Crippen molar-refractivity contribution in [3.05, 3.63) is 0 Å². The Balaban J connectivity index is -0.0000000200. The van der Waals surface area contributed by atoms with Crippen molar-refractivity contribution < 1.29 is 28.0 Å². The zero-order chi connectivity index (χ0) is 2.71. The van der Waals surface area contributed by atoms with E-state index in [0.29, 0.717) is 0 Å². The van der Waals surface area contributed by atoms with Crippen molar-refractivity contribution in [2.75, 3.05) is 0 Å². The summed E-state index contributed by atoms with van der Waals surface area (Å²) in [6, 6.07) is 0. The van der Waals surface area contributed by atoms with Gasteiger partial charge in [-0.2, -0.15) is 0 Å². The summed E-state index contributed by atoms with van der Waals surface area (Å²) in [7, 11) is 0. The predicted octanol–water partition coefficient (Wildman–Crippen LogP) is -1.07. The molecular weight excluding hydrogens is 240 g/mol. The van der Waals surface area contributed by atoms with Crippen LogP contribution in [0.4, 0.5) is 0 Å². The Kier molecular flexibility index (Phi) is 55.4. The minimum absolute atomic E-state index is 0. The van der Waals surface area contributed by atoms with Gasteiger partial charge in [-0.3, -0.25) is 0 Å². The molecule has 0 saturated heterocycles. The van der Waals surface area contributed by atoms with Gasteiger partial charge in [0.2, 0.25) is 0 Å². The average molecular weight is 242 g/mol. The summed E-state index contributed by atoms with van der Waals surface area (Å²) in [6.07, 6.45) is 0. The molecule has 0 atom stereocenters. The van der Waals surface area contributed by atoms with Crippen molar-refractivity contribution >= 4 is 48.9 Å². The fourth-order valence-electron chi connectivity index (χ4n) is 0. The van der Waals surface area contributed by atoms with Gasteiger partial charge < -0.3 is 5.48 Å². The van der Waals surface area contributed by atoms with Gasteiger partial charge in [0.25, 0.3) is 0 Å². The molecule has 0 aromatic rings. The second kappa shape index (κ2) is 17.4. The van der Waals surface area contributed by atoms with Crippen molar-refractivity contribution in [2.24, 2.45) is 0 Å². The van der Waals surface area contributed by atoms with Gasteiger partial charge in [0.05, 0.1) is 0 Å². The average Bonchev–Trinajstić information content (AvgIpc) is 0.918. The van der Waals surface area contributed by atoms with Gasteiger partial charge in [0.1, 0.15) is 0 Å². The van der Waals surface area contributed by atoms with Gasteiger partial charge in [-0.15, -0.1) is 0 Å². The first-order chi connectivity index (χ1) is 1.41. The summed E-state index contributed by atoms with van der Waals surface area (Å²) in [6.45, 7) is 0. The fourth-order valence-corrected chi connectivity index (χ4v) is 0. The van der Waals surface area contributed by atoms with E-state index in [9.17, 15) is 0 Å². The molecule has 0 radical (unpaired) electrons. The number of hydrogen-bond donors (Lipinski definition) is 0. The van der Waals surface area contributed by atoms with Crippen molar-refractivity contribution in [1.82, 2.24) is 0 Å². The van der Waals surface area contributed by atoms with E-state index in [1.165, 1.54) is 0 Å². The molecule has 0 bridgehead atoms. The molecule has 0 unspecified atom stereocenters. The van der Waals surface area contributed by atoms with E-state index in [-0.39, 0.29) is 54.4 Å². The third-order valence-electron chi connectivity index (χ3n) is 0. The van der Waals surface area contributed by atoms with E-state index >= 15 is 0 Å². The van der Waals surface area contributed by atoms with Crippen LogP contribution >= 0.6 is 0 Å². The van der Waals surface area contributed by atoms with Gasteiger partial charge in [0, 0.05) is 0 Å². The summed E-state index contributed by atoms with van der Waals surface area (Å²) < 4.78 is 16.8. The van der Waals surface area contributed by atoms with Crippen LogP contribution in [0.1, 0.15) is 0 Å². The summed E-state index contributed by atoms with van der Waals surface area (Å²) in [5, 5.41) is 0. The molecule has 0 aliphatic carbocycles. The SMILES string of the molecule is [BaH+].[OH-].[O]=[Mn]=[O]. The van der Waals surface area contributed by atoms with Crippen LogP contribution in [0.15, 0.2) is 0 Å². The Bertz CT molecular complexity index is 27.9. The van der Waals surface area contributed by atoms with E-state index < -0.39 is 14.8 Å². The number of hydrogen-bond acceptors (Lipinski definition) is 3. The van der Waals surface area contributed by atoms with Crippen molar-refractivity contribution in [2.45, 2.75) is 0 Å². The molecule has 0 aliphatic heterocycles. The van der Waals surface area contributed by atoms with E-state index in [2.05, 4.69) is 0 Å². The molecule has 0 aromatic heterocycles. The monoisotopic (exact) mass is 243 g/mol. The molecule has 0 amide bonds. The van der Waals surface area contributed by atoms with Crippen LogP contribution in [0.5, 0.6) is 0 Å². The molecule has 5 heteroatoms. The first-order valence-electron chi connectivity index (χ1n) is 0.309. The van der Waals surface area contributed by atoms with Crippen LogP contribution in [0.2, 0.25) is 0 Å². The van der Waals surface area contributed by atoms with Crippen molar-refractivity contribution in [3.8, 4) is 0 Å². The molecule has 0 rings (SSSR count). The van der Waals surface area contributed by atoms with E-state index in [1.807, 2.05) is 0 Å². The van der Waals surface area contributed by atoms with E-state index in [0.717, 1.165) is 0 Å². The van der Waals surface area contributed by atoms with Crippen molar-refractivity contribution in [1.29, 1.82) is 0 Å². The molecule has 0 aromatic carbocycles. The zero-order valence-electron chi connectivity index (χ0n) is 2.64.